The van der Waals surface area contributed by atoms with E-state index in [1.165, 1.54) is 4.31 Å². The summed E-state index contributed by atoms with van der Waals surface area (Å²) >= 11 is 6.21. The fourth-order valence-corrected chi connectivity index (χ4v) is 5.03. The van der Waals surface area contributed by atoms with E-state index in [1.54, 1.807) is 28.0 Å². The van der Waals surface area contributed by atoms with Crippen LogP contribution in [0.25, 0.3) is 0 Å². The molecule has 0 atom stereocenters. The molecule has 25 heavy (non-hydrogen) atoms. The van der Waals surface area contributed by atoms with Crippen LogP contribution >= 0.6 is 11.6 Å². The topological polar surface area (TPSA) is 78.0 Å². The van der Waals surface area contributed by atoms with Gasteiger partial charge in [0.05, 0.1) is 16.5 Å². The Morgan fingerprint density at radius 2 is 1.80 bits per heavy atom. The van der Waals surface area contributed by atoms with Crippen molar-refractivity contribution in [2.24, 2.45) is 0 Å². The van der Waals surface area contributed by atoms with Crippen LogP contribution in [0.4, 0.5) is 5.69 Å². The van der Waals surface area contributed by atoms with Gasteiger partial charge in [-0.15, -0.1) is 0 Å². The van der Waals surface area contributed by atoms with Gasteiger partial charge >= 0.3 is 0 Å². The highest BCUT2D eigenvalue weighted by molar-refractivity contribution is 7.92. The summed E-state index contributed by atoms with van der Waals surface area (Å²) in [5.41, 5.74) is 0.762. The molecule has 2 aliphatic heterocycles. The van der Waals surface area contributed by atoms with Crippen LogP contribution in [-0.4, -0.2) is 69.0 Å². The van der Waals surface area contributed by atoms with E-state index in [4.69, 9.17) is 11.6 Å². The van der Waals surface area contributed by atoms with E-state index in [-0.39, 0.29) is 11.7 Å². The minimum Gasteiger partial charge on any atom is -0.342 e. The Morgan fingerprint density at radius 1 is 1.08 bits per heavy atom. The van der Waals surface area contributed by atoms with Crippen LogP contribution < -0.4 is 4.31 Å². The summed E-state index contributed by atoms with van der Waals surface area (Å²) in [5.74, 6) is -0.0901. The van der Waals surface area contributed by atoms with Gasteiger partial charge < -0.3 is 9.80 Å². The molecule has 0 N–H and O–H groups in total. The molecule has 0 aromatic heterocycles. The number of rotatable bonds is 3. The summed E-state index contributed by atoms with van der Waals surface area (Å²) < 4.78 is 25.9. The molecule has 0 spiro atoms. The van der Waals surface area contributed by atoms with Gasteiger partial charge in [0.1, 0.15) is 0 Å². The number of carbonyl (C=O) groups is 2. The molecule has 0 bridgehead atoms. The van der Waals surface area contributed by atoms with Gasteiger partial charge in [0.25, 0.3) is 5.91 Å². The number of hydrogen-bond acceptors (Lipinski definition) is 4. The fraction of sp³-hybridized carbons (Fsp3) is 0.500. The van der Waals surface area contributed by atoms with Crippen LogP contribution in [0, 0.1) is 0 Å². The first kappa shape index (κ1) is 18.0. The molecule has 2 aliphatic rings. The predicted molar refractivity (Wildman–Crippen MR) is 95.4 cm³/mol. The molecule has 7 nitrogen and oxygen atoms in total. The van der Waals surface area contributed by atoms with Gasteiger partial charge in [-0.3, -0.25) is 13.9 Å². The number of anilines is 1. The van der Waals surface area contributed by atoms with Gasteiger partial charge in [-0.05, 0) is 31.0 Å². The zero-order chi connectivity index (χ0) is 18.0. The molecule has 0 unspecified atom stereocenters. The number of nitrogens with zero attached hydrogens (tertiary/aromatic N) is 3. The third-order valence-electron chi connectivity index (χ3n) is 4.56. The number of amides is 2. The molecule has 2 amide bonds. The summed E-state index contributed by atoms with van der Waals surface area (Å²) in [5, 5.41) is 0.313. The summed E-state index contributed by atoms with van der Waals surface area (Å²) in [7, 11) is -3.40. The Balaban J connectivity index is 1.84. The van der Waals surface area contributed by atoms with Crippen molar-refractivity contribution in [1.82, 2.24) is 9.80 Å². The molecular weight excluding hydrogens is 366 g/mol. The molecule has 0 saturated carbocycles. The molecule has 0 aliphatic carbocycles. The van der Waals surface area contributed by atoms with Gasteiger partial charge in [0.15, 0.2) is 0 Å². The smallest absolute Gasteiger partial charge is 0.254 e. The number of halogens is 1. The van der Waals surface area contributed by atoms with Gasteiger partial charge in [0.2, 0.25) is 16.4 Å². The lowest BCUT2D eigenvalue weighted by Crippen LogP contribution is -2.48. The highest BCUT2D eigenvalue weighted by Gasteiger charge is 2.29. The van der Waals surface area contributed by atoms with Crippen LogP contribution in [0.2, 0.25) is 5.02 Å². The predicted octanol–water partition coefficient (Wildman–Crippen LogP) is 1.18. The second-order valence-corrected chi connectivity index (χ2v) is 8.62. The van der Waals surface area contributed by atoms with Crippen LogP contribution in [-0.2, 0) is 14.8 Å². The summed E-state index contributed by atoms with van der Waals surface area (Å²) in [4.78, 5) is 26.8. The minimum atomic E-state index is -3.40. The fourth-order valence-electron chi connectivity index (χ4n) is 3.11. The molecule has 0 radical (unpaired) electrons. The number of piperazine rings is 1. The van der Waals surface area contributed by atoms with E-state index in [1.807, 2.05) is 0 Å². The SMILES string of the molecule is O=CN1CCN(C(=O)c2ccc(Cl)c(N3CCCCS3(=O)=O)c2)CC1. The van der Waals surface area contributed by atoms with E-state index >= 15 is 0 Å². The van der Waals surface area contributed by atoms with Gasteiger partial charge in [-0.25, -0.2) is 8.42 Å². The molecule has 136 valence electrons. The monoisotopic (exact) mass is 385 g/mol. The molecule has 1 aromatic rings. The van der Waals surface area contributed by atoms with Crippen molar-refractivity contribution in [3.8, 4) is 0 Å². The van der Waals surface area contributed by atoms with Crippen molar-refractivity contribution in [2.45, 2.75) is 12.8 Å². The minimum absolute atomic E-state index is 0.0924. The highest BCUT2D eigenvalue weighted by atomic mass is 35.5. The molecule has 9 heteroatoms. The van der Waals surface area contributed by atoms with Crippen molar-refractivity contribution in [2.75, 3.05) is 42.8 Å². The molecule has 1 aromatic carbocycles. The maximum absolute atomic E-state index is 12.7. The second kappa shape index (κ2) is 7.21. The maximum atomic E-state index is 12.7. The highest BCUT2D eigenvalue weighted by Crippen LogP contribution is 2.32. The van der Waals surface area contributed by atoms with E-state index in [0.29, 0.717) is 55.4 Å². The standard InChI is InChI=1S/C16H20ClN3O4S/c17-14-4-3-13(16(22)19-8-6-18(12-21)7-9-19)11-15(14)20-5-1-2-10-25(20,23)24/h3-4,11-12H,1-2,5-10H2. The normalized spacial score (nSPS) is 20.4. The Labute approximate surface area is 152 Å². The van der Waals surface area contributed by atoms with Crippen LogP contribution in [0.15, 0.2) is 18.2 Å². The number of hydrogen-bond donors (Lipinski definition) is 0. The first-order valence-electron chi connectivity index (χ1n) is 8.21. The van der Waals surface area contributed by atoms with Crippen LogP contribution in [0.1, 0.15) is 23.2 Å². The van der Waals surface area contributed by atoms with Crippen LogP contribution in [0.3, 0.4) is 0 Å². The molecule has 2 saturated heterocycles. The zero-order valence-electron chi connectivity index (χ0n) is 13.7. The Bertz CT molecular complexity index is 776. The van der Waals surface area contributed by atoms with E-state index in [0.717, 1.165) is 12.8 Å². The average Bonchev–Trinajstić information content (AvgIpc) is 2.62. The second-order valence-electron chi connectivity index (χ2n) is 6.20. The van der Waals surface area contributed by atoms with Crippen molar-refractivity contribution < 1.29 is 18.0 Å². The van der Waals surface area contributed by atoms with Crippen LogP contribution in [0.5, 0.6) is 0 Å². The van der Waals surface area contributed by atoms with Gasteiger partial charge in [-0.2, -0.15) is 0 Å². The van der Waals surface area contributed by atoms with Gasteiger partial charge in [-0.1, -0.05) is 11.6 Å². The van der Waals surface area contributed by atoms with Crippen molar-refractivity contribution in [3.05, 3.63) is 28.8 Å². The lowest BCUT2D eigenvalue weighted by molar-refractivity contribution is -0.119. The third kappa shape index (κ3) is 3.74. The third-order valence-corrected chi connectivity index (χ3v) is 6.74. The first-order chi connectivity index (χ1) is 11.9. The first-order valence-corrected chi connectivity index (χ1v) is 10.2. The number of benzene rings is 1. The Morgan fingerprint density at radius 3 is 2.44 bits per heavy atom. The largest absolute Gasteiger partial charge is 0.342 e. The zero-order valence-corrected chi connectivity index (χ0v) is 15.3. The number of carbonyl (C=O) groups excluding carboxylic acids is 2. The molecule has 2 heterocycles. The summed E-state index contributed by atoms with van der Waals surface area (Å²) in [6.07, 6.45) is 2.18. The molecule has 3 rings (SSSR count). The summed E-state index contributed by atoms with van der Waals surface area (Å²) in [6.45, 7) is 2.28. The molecular formula is C16H20ClN3O4S. The van der Waals surface area contributed by atoms with E-state index in [9.17, 15) is 18.0 Å². The molecule has 2 fully saturated rings. The van der Waals surface area contributed by atoms with E-state index < -0.39 is 10.0 Å². The lowest BCUT2D eigenvalue weighted by Gasteiger charge is -2.33. The average molecular weight is 386 g/mol. The van der Waals surface area contributed by atoms with Gasteiger partial charge in [0, 0.05) is 38.3 Å². The Kier molecular flexibility index (Phi) is 5.19. The van der Waals surface area contributed by atoms with Crippen molar-refractivity contribution in [1.29, 1.82) is 0 Å². The van der Waals surface area contributed by atoms with Crippen molar-refractivity contribution >= 4 is 39.6 Å². The quantitative estimate of drug-likeness (QED) is 0.732. The summed E-state index contributed by atoms with van der Waals surface area (Å²) in [6, 6.07) is 4.73. The maximum Gasteiger partial charge on any atom is 0.254 e. The lowest BCUT2D eigenvalue weighted by atomic mass is 10.1. The van der Waals surface area contributed by atoms with E-state index in [2.05, 4.69) is 0 Å². The Hall–Kier alpha value is -1.80. The number of sulfonamides is 1. The van der Waals surface area contributed by atoms with Crippen molar-refractivity contribution in [3.63, 3.8) is 0 Å².